The van der Waals surface area contributed by atoms with Gasteiger partial charge in [0.05, 0.1) is 14.2 Å². The van der Waals surface area contributed by atoms with Crippen molar-refractivity contribution >= 4 is 45.0 Å². The number of methoxy groups -OCH3 is 2. The van der Waals surface area contributed by atoms with Crippen molar-refractivity contribution in [2.45, 2.75) is 13.3 Å². The topological polar surface area (TPSA) is 54.9 Å². The van der Waals surface area contributed by atoms with Gasteiger partial charge in [0, 0.05) is 12.1 Å². The van der Waals surface area contributed by atoms with Crippen molar-refractivity contribution in [3.8, 4) is 11.5 Å². The van der Waals surface area contributed by atoms with Gasteiger partial charge in [0.25, 0.3) is 5.91 Å². The summed E-state index contributed by atoms with van der Waals surface area (Å²) in [4.78, 5) is 22.0. The maximum Gasteiger partial charge on any atom is 0.260 e. The highest BCUT2D eigenvalue weighted by molar-refractivity contribution is 7.22. The zero-order valence-corrected chi connectivity index (χ0v) is 19.6. The van der Waals surface area contributed by atoms with Crippen LogP contribution in [0.1, 0.15) is 22.3 Å². The predicted octanol–water partition coefficient (Wildman–Crippen LogP) is 4.64. The number of hydrogen-bond acceptors (Lipinski definition) is 6. The summed E-state index contributed by atoms with van der Waals surface area (Å²) in [5.41, 5.74) is 2.42. The molecule has 0 aliphatic rings. The average molecular weight is 450 g/mol. The number of fused-ring (bicyclic) bond motifs is 1. The summed E-state index contributed by atoms with van der Waals surface area (Å²) in [5.74, 6) is 1.34. The molecule has 0 bridgehead atoms. The van der Waals surface area contributed by atoms with Gasteiger partial charge in [-0.2, -0.15) is 0 Å². The number of anilines is 1. The predicted molar refractivity (Wildman–Crippen MR) is 126 cm³/mol. The van der Waals surface area contributed by atoms with Gasteiger partial charge >= 0.3 is 0 Å². The molecule has 0 fully saturated rings. The molecule has 3 rings (SSSR count). The van der Waals surface area contributed by atoms with Crippen LogP contribution in [0.5, 0.6) is 11.5 Å². The number of amides is 1. The first-order chi connectivity index (χ1) is 13.9. The van der Waals surface area contributed by atoms with Crippen molar-refractivity contribution in [2.75, 3.05) is 46.3 Å². The molecule has 0 atom stereocenters. The zero-order chi connectivity index (χ0) is 21.0. The molecule has 0 unspecified atom stereocenters. The molecule has 0 aliphatic carbocycles. The van der Waals surface area contributed by atoms with Crippen LogP contribution < -0.4 is 14.4 Å². The highest BCUT2D eigenvalue weighted by Gasteiger charge is 2.23. The molecule has 30 heavy (non-hydrogen) atoms. The van der Waals surface area contributed by atoms with Crippen molar-refractivity contribution in [3.05, 3.63) is 47.5 Å². The molecule has 2 aromatic carbocycles. The molecule has 6 nitrogen and oxygen atoms in total. The molecule has 1 aromatic heterocycles. The Morgan fingerprint density at radius 1 is 1.07 bits per heavy atom. The molecule has 0 radical (unpaired) electrons. The van der Waals surface area contributed by atoms with Gasteiger partial charge in [0.15, 0.2) is 5.13 Å². The van der Waals surface area contributed by atoms with E-state index in [0.717, 1.165) is 29.0 Å². The van der Waals surface area contributed by atoms with Crippen LogP contribution in [0.2, 0.25) is 0 Å². The van der Waals surface area contributed by atoms with E-state index < -0.39 is 0 Å². The Kier molecular flexibility index (Phi) is 8.46. The molecule has 0 aliphatic heterocycles. The molecular weight excluding hydrogens is 422 g/mol. The van der Waals surface area contributed by atoms with E-state index >= 15 is 0 Å². The van der Waals surface area contributed by atoms with E-state index in [1.165, 1.54) is 11.3 Å². The molecule has 0 saturated carbocycles. The molecule has 0 saturated heterocycles. The normalized spacial score (nSPS) is 10.7. The fourth-order valence-corrected chi connectivity index (χ4v) is 4.25. The van der Waals surface area contributed by atoms with Gasteiger partial charge in [0.1, 0.15) is 21.7 Å². The minimum absolute atomic E-state index is 0. The highest BCUT2D eigenvalue weighted by Crippen LogP contribution is 2.40. The lowest BCUT2D eigenvalue weighted by Gasteiger charge is -2.21. The summed E-state index contributed by atoms with van der Waals surface area (Å²) in [5, 5.41) is 0.646. The fraction of sp³-hybridized carbons (Fsp3) is 0.364. The number of nitrogens with zero attached hydrogens (tertiary/aromatic N) is 3. The minimum Gasteiger partial charge on any atom is -0.495 e. The molecule has 0 N–H and O–H groups in total. The molecule has 0 spiro atoms. The maximum atomic E-state index is 13.4. The number of carbonyl (C=O) groups excluding carboxylic acids is 1. The number of halogens is 1. The Morgan fingerprint density at radius 3 is 2.40 bits per heavy atom. The molecule has 162 valence electrons. The number of aryl methyl sites for hydroxylation is 1. The number of carbonyl (C=O) groups is 1. The van der Waals surface area contributed by atoms with Crippen LogP contribution in [-0.2, 0) is 0 Å². The number of aromatic nitrogens is 1. The standard InChI is InChI=1S/C22H27N3O3S.ClH/c1-15-8-6-9-16(14-15)21(26)25(13-7-12-24(2)3)22-23-19-17(27-4)10-11-18(28-5)20(19)29-22;/h6,8-11,14H,7,12-13H2,1-5H3;1H. The SMILES string of the molecule is COc1ccc(OC)c2sc(N(CCCN(C)C)C(=O)c3cccc(C)c3)nc12.Cl. The van der Waals surface area contributed by atoms with Crippen LogP contribution in [0, 0.1) is 6.92 Å². The summed E-state index contributed by atoms with van der Waals surface area (Å²) < 4.78 is 11.8. The van der Waals surface area contributed by atoms with E-state index in [1.54, 1.807) is 19.1 Å². The number of thiazole rings is 1. The molecule has 8 heteroatoms. The van der Waals surface area contributed by atoms with Crippen LogP contribution >= 0.6 is 23.7 Å². The van der Waals surface area contributed by atoms with Crippen molar-refractivity contribution in [1.82, 2.24) is 9.88 Å². The van der Waals surface area contributed by atoms with E-state index in [1.807, 2.05) is 57.4 Å². The van der Waals surface area contributed by atoms with Crippen LogP contribution in [0.4, 0.5) is 5.13 Å². The Bertz CT molecular complexity index is 965. The third kappa shape index (κ3) is 5.22. The Morgan fingerprint density at radius 2 is 1.77 bits per heavy atom. The van der Waals surface area contributed by atoms with Crippen molar-refractivity contribution in [1.29, 1.82) is 0 Å². The van der Waals surface area contributed by atoms with Gasteiger partial charge in [-0.1, -0.05) is 29.0 Å². The molecule has 3 aromatic rings. The van der Waals surface area contributed by atoms with Crippen molar-refractivity contribution in [2.24, 2.45) is 0 Å². The van der Waals surface area contributed by atoms with E-state index in [0.29, 0.717) is 28.5 Å². The van der Waals surface area contributed by atoms with Crippen molar-refractivity contribution < 1.29 is 14.3 Å². The Hall–Kier alpha value is -2.35. The molecule has 1 heterocycles. The molecular formula is C22H28ClN3O3S. The Balaban J connectivity index is 0.00000320. The van der Waals surface area contributed by atoms with E-state index in [4.69, 9.17) is 14.5 Å². The zero-order valence-electron chi connectivity index (χ0n) is 18.0. The third-order valence-corrected chi connectivity index (χ3v) is 5.72. The average Bonchev–Trinajstić information content (AvgIpc) is 3.14. The fourth-order valence-electron chi connectivity index (χ4n) is 3.15. The maximum absolute atomic E-state index is 13.4. The first-order valence-corrected chi connectivity index (χ1v) is 10.3. The number of ether oxygens (including phenoxy) is 2. The van der Waals surface area contributed by atoms with Gasteiger partial charge in [-0.15, -0.1) is 12.4 Å². The van der Waals surface area contributed by atoms with Gasteiger partial charge in [0.2, 0.25) is 0 Å². The summed E-state index contributed by atoms with van der Waals surface area (Å²) in [6.07, 6.45) is 0.842. The van der Waals surface area contributed by atoms with Gasteiger partial charge in [-0.05, 0) is 58.3 Å². The second kappa shape index (κ2) is 10.6. The third-order valence-electron chi connectivity index (χ3n) is 4.63. The second-order valence-corrected chi connectivity index (χ2v) is 8.10. The summed E-state index contributed by atoms with van der Waals surface area (Å²) >= 11 is 1.45. The first kappa shape index (κ1) is 23.9. The van der Waals surface area contributed by atoms with E-state index in [2.05, 4.69) is 4.90 Å². The lowest BCUT2D eigenvalue weighted by Crippen LogP contribution is -2.33. The molecule has 1 amide bonds. The quantitative estimate of drug-likeness (QED) is 0.501. The van der Waals surface area contributed by atoms with Crippen LogP contribution in [-0.4, -0.2) is 57.2 Å². The summed E-state index contributed by atoms with van der Waals surface area (Å²) in [7, 11) is 7.31. The van der Waals surface area contributed by atoms with Gasteiger partial charge in [-0.25, -0.2) is 4.98 Å². The highest BCUT2D eigenvalue weighted by atomic mass is 35.5. The largest absolute Gasteiger partial charge is 0.495 e. The van der Waals surface area contributed by atoms with Gasteiger partial charge in [-0.3, -0.25) is 9.69 Å². The lowest BCUT2D eigenvalue weighted by atomic mass is 10.1. The first-order valence-electron chi connectivity index (χ1n) is 9.49. The van der Waals surface area contributed by atoms with Gasteiger partial charge < -0.3 is 14.4 Å². The minimum atomic E-state index is -0.0514. The van der Waals surface area contributed by atoms with Crippen LogP contribution in [0.15, 0.2) is 36.4 Å². The van der Waals surface area contributed by atoms with Crippen LogP contribution in [0.3, 0.4) is 0 Å². The smallest absolute Gasteiger partial charge is 0.260 e. The lowest BCUT2D eigenvalue weighted by molar-refractivity contribution is 0.0986. The van der Waals surface area contributed by atoms with E-state index in [-0.39, 0.29) is 18.3 Å². The number of rotatable bonds is 8. The monoisotopic (exact) mass is 449 g/mol. The number of benzene rings is 2. The van der Waals surface area contributed by atoms with Crippen LogP contribution in [0.25, 0.3) is 10.2 Å². The number of hydrogen-bond donors (Lipinski definition) is 0. The Labute approximate surface area is 187 Å². The summed E-state index contributed by atoms with van der Waals surface area (Å²) in [6, 6.07) is 11.4. The summed E-state index contributed by atoms with van der Waals surface area (Å²) in [6.45, 7) is 3.45. The van der Waals surface area contributed by atoms with E-state index in [9.17, 15) is 4.79 Å². The van der Waals surface area contributed by atoms with Crippen molar-refractivity contribution in [3.63, 3.8) is 0 Å². The second-order valence-electron chi connectivity index (χ2n) is 7.13.